The average molecular weight is 302 g/mol. The standard InChI is InChI=1S/C12H20ClN5O2/c1-3-12(2,8-19)17-10-14-9(13)15-11(16-10)18-4-6-20-7-5-18/h19H,3-8H2,1-2H3,(H,14,15,16,17). The van der Waals surface area contributed by atoms with Crippen LogP contribution in [0.5, 0.6) is 0 Å². The summed E-state index contributed by atoms with van der Waals surface area (Å²) >= 11 is 5.96. The van der Waals surface area contributed by atoms with Crippen molar-refractivity contribution in [2.24, 2.45) is 0 Å². The second-order valence-electron chi connectivity index (χ2n) is 5.02. The molecule has 2 rings (SSSR count). The number of aliphatic hydroxyl groups is 1. The molecular weight excluding hydrogens is 282 g/mol. The summed E-state index contributed by atoms with van der Waals surface area (Å²) in [7, 11) is 0. The van der Waals surface area contributed by atoms with Crippen LogP contribution < -0.4 is 10.2 Å². The van der Waals surface area contributed by atoms with Crippen molar-refractivity contribution in [1.29, 1.82) is 0 Å². The minimum atomic E-state index is -0.479. The van der Waals surface area contributed by atoms with Crippen LogP contribution in [0.25, 0.3) is 0 Å². The maximum absolute atomic E-state index is 9.44. The van der Waals surface area contributed by atoms with Gasteiger partial charge in [-0.2, -0.15) is 15.0 Å². The molecule has 0 aromatic carbocycles. The van der Waals surface area contributed by atoms with Crippen LogP contribution in [0.2, 0.25) is 5.28 Å². The van der Waals surface area contributed by atoms with E-state index in [1.807, 2.05) is 18.7 Å². The Labute approximate surface area is 123 Å². The second-order valence-corrected chi connectivity index (χ2v) is 5.36. The highest BCUT2D eigenvalue weighted by atomic mass is 35.5. The summed E-state index contributed by atoms with van der Waals surface area (Å²) < 4.78 is 5.30. The smallest absolute Gasteiger partial charge is 0.231 e. The highest BCUT2D eigenvalue weighted by Crippen LogP contribution is 2.19. The molecule has 1 unspecified atom stereocenters. The summed E-state index contributed by atoms with van der Waals surface area (Å²) in [5, 5.41) is 12.7. The highest BCUT2D eigenvalue weighted by molar-refractivity contribution is 6.28. The number of rotatable bonds is 5. The van der Waals surface area contributed by atoms with Gasteiger partial charge in [0, 0.05) is 13.1 Å². The minimum Gasteiger partial charge on any atom is -0.394 e. The number of ether oxygens (including phenoxy) is 1. The van der Waals surface area contributed by atoms with Crippen molar-refractivity contribution in [3.05, 3.63) is 5.28 Å². The van der Waals surface area contributed by atoms with E-state index in [0.29, 0.717) is 25.1 Å². The lowest BCUT2D eigenvalue weighted by Gasteiger charge is -2.29. The SMILES string of the molecule is CCC(C)(CO)Nc1nc(Cl)nc(N2CCOCC2)n1. The molecule has 0 saturated carbocycles. The number of nitrogens with one attached hydrogen (secondary N) is 1. The Morgan fingerprint density at radius 1 is 1.35 bits per heavy atom. The van der Waals surface area contributed by atoms with E-state index in [9.17, 15) is 5.11 Å². The molecule has 8 heteroatoms. The van der Waals surface area contributed by atoms with Crippen LogP contribution in [0.4, 0.5) is 11.9 Å². The predicted octanol–water partition coefficient (Wildman–Crippen LogP) is 0.934. The van der Waals surface area contributed by atoms with E-state index in [-0.39, 0.29) is 11.9 Å². The molecule has 1 atom stereocenters. The van der Waals surface area contributed by atoms with Crippen LogP contribution in [0.3, 0.4) is 0 Å². The molecule has 1 saturated heterocycles. The van der Waals surface area contributed by atoms with E-state index in [0.717, 1.165) is 19.5 Å². The molecule has 0 aliphatic carbocycles. The summed E-state index contributed by atoms with van der Waals surface area (Å²) in [5.41, 5.74) is -0.479. The Hall–Kier alpha value is -1.18. The van der Waals surface area contributed by atoms with Gasteiger partial charge in [0.25, 0.3) is 0 Å². The van der Waals surface area contributed by atoms with E-state index in [4.69, 9.17) is 16.3 Å². The Kier molecular flexibility index (Phi) is 4.95. The van der Waals surface area contributed by atoms with Crippen molar-refractivity contribution in [1.82, 2.24) is 15.0 Å². The van der Waals surface area contributed by atoms with E-state index in [1.54, 1.807) is 0 Å². The molecule has 0 amide bonds. The molecule has 1 aromatic heterocycles. The van der Waals surface area contributed by atoms with Gasteiger partial charge in [-0.15, -0.1) is 0 Å². The van der Waals surface area contributed by atoms with E-state index < -0.39 is 5.54 Å². The summed E-state index contributed by atoms with van der Waals surface area (Å²) in [6, 6.07) is 0. The first-order valence-corrected chi connectivity index (χ1v) is 7.07. The van der Waals surface area contributed by atoms with Gasteiger partial charge in [-0.05, 0) is 24.9 Å². The zero-order valence-corrected chi connectivity index (χ0v) is 12.5. The molecule has 1 aliphatic rings. The van der Waals surface area contributed by atoms with Gasteiger partial charge in [0.2, 0.25) is 17.2 Å². The number of hydrogen-bond donors (Lipinski definition) is 2. The Bertz CT molecular complexity index is 449. The van der Waals surface area contributed by atoms with Gasteiger partial charge < -0.3 is 20.1 Å². The molecular formula is C12H20ClN5O2. The van der Waals surface area contributed by atoms with E-state index in [1.165, 1.54) is 0 Å². The number of anilines is 2. The van der Waals surface area contributed by atoms with Crippen molar-refractivity contribution in [3.8, 4) is 0 Å². The molecule has 1 aromatic rings. The third kappa shape index (κ3) is 3.68. The molecule has 7 nitrogen and oxygen atoms in total. The first-order chi connectivity index (χ1) is 9.56. The first kappa shape index (κ1) is 15.2. The highest BCUT2D eigenvalue weighted by Gasteiger charge is 2.23. The third-order valence-electron chi connectivity index (χ3n) is 3.43. The Morgan fingerprint density at radius 2 is 2.05 bits per heavy atom. The summed E-state index contributed by atoms with van der Waals surface area (Å²) in [5.74, 6) is 0.914. The molecule has 2 N–H and O–H groups in total. The fourth-order valence-electron chi connectivity index (χ4n) is 1.81. The van der Waals surface area contributed by atoms with Crippen LogP contribution in [0.1, 0.15) is 20.3 Å². The summed E-state index contributed by atoms with van der Waals surface area (Å²) in [6.07, 6.45) is 0.736. The maximum atomic E-state index is 9.44. The zero-order valence-electron chi connectivity index (χ0n) is 11.8. The summed E-state index contributed by atoms with van der Waals surface area (Å²) in [4.78, 5) is 14.6. The number of aromatic nitrogens is 3. The van der Waals surface area contributed by atoms with Crippen LogP contribution in [0, 0.1) is 0 Å². The van der Waals surface area contributed by atoms with E-state index >= 15 is 0 Å². The minimum absolute atomic E-state index is 0.0142. The molecule has 2 heterocycles. The fourth-order valence-corrected chi connectivity index (χ4v) is 1.97. The van der Waals surface area contributed by atoms with Crippen molar-refractivity contribution >= 4 is 23.5 Å². The molecule has 0 spiro atoms. The number of morpholine rings is 1. The molecule has 20 heavy (non-hydrogen) atoms. The second kappa shape index (κ2) is 6.51. The maximum Gasteiger partial charge on any atom is 0.231 e. The van der Waals surface area contributed by atoms with Crippen LogP contribution in [-0.4, -0.2) is 58.5 Å². The molecule has 112 valence electrons. The van der Waals surface area contributed by atoms with Crippen molar-refractivity contribution in [2.75, 3.05) is 43.1 Å². The molecule has 1 fully saturated rings. The van der Waals surface area contributed by atoms with Gasteiger partial charge >= 0.3 is 0 Å². The molecule has 0 bridgehead atoms. The monoisotopic (exact) mass is 301 g/mol. The van der Waals surface area contributed by atoms with Crippen LogP contribution >= 0.6 is 11.6 Å². The largest absolute Gasteiger partial charge is 0.394 e. The number of halogens is 1. The normalized spacial score (nSPS) is 18.7. The zero-order chi connectivity index (χ0) is 14.6. The number of nitrogens with zero attached hydrogens (tertiary/aromatic N) is 4. The van der Waals surface area contributed by atoms with Crippen molar-refractivity contribution < 1.29 is 9.84 Å². The third-order valence-corrected chi connectivity index (χ3v) is 3.60. The van der Waals surface area contributed by atoms with Crippen LogP contribution in [0.15, 0.2) is 0 Å². The van der Waals surface area contributed by atoms with Gasteiger partial charge in [-0.25, -0.2) is 0 Å². The Morgan fingerprint density at radius 3 is 2.65 bits per heavy atom. The van der Waals surface area contributed by atoms with Gasteiger partial charge in [0.1, 0.15) is 0 Å². The molecule has 0 radical (unpaired) electrons. The number of aliphatic hydroxyl groups excluding tert-OH is 1. The molecule has 1 aliphatic heterocycles. The lowest BCUT2D eigenvalue weighted by atomic mass is 10.0. The van der Waals surface area contributed by atoms with Crippen LogP contribution in [-0.2, 0) is 4.74 Å². The van der Waals surface area contributed by atoms with Crippen molar-refractivity contribution in [2.45, 2.75) is 25.8 Å². The van der Waals surface area contributed by atoms with Gasteiger partial charge in [0.15, 0.2) is 0 Å². The topological polar surface area (TPSA) is 83.4 Å². The van der Waals surface area contributed by atoms with E-state index in [2.05, 4.69) is 20.3 Å². The average Bonchev–Trinajstić information content (AvgIpc) is 2.47. The van der Waals surface area contributed by atoms with Gasteiger partial charge in [-0.3, -0.25) is 0 Å². The van der Waals surface area contributed by atoms with Gasteiger partial charge in [0.05, 0.1) is 25.4 Å². The van der Waals surface area contributed by atoms with Gasteiger partial charge in [-0.1, -0.05) is 6.92 Å². The fraction of sp³-hybridized carbons (Fsp3) is 0.750. The quantitative estimate of drug-likeness (QED) is 0.837. The Balaban J connectivity index is 2.19. The number of hydrogen-bond acceptors (Lipinski definition) is 7. The van der Waals surface area contributed by atoms with Crippen molar-refractivity contribution in [3.63, 3.8) is 0 Å². The summed E-state index contributed by atoms with van der Waals surface area (Å²) in [6.45, 7) is 6.62. The lowest BCUT2D eigenvalue weighted by molar-refractivity contribution is 0.122. The lowest BCUT2D eigenvalue weighted by Crippen LogP contribution is -2.40. The predicted molar refractivity (Wildman–Crippen MR) is 77.3 cm³/mol. The first-order valence-electron chi connectivity index (χ1n) is 6.69.